The second-order valence-corrected chi connectivity index (χ2v) is 5.55. The first kappa shape index (κ1) is 13.7. The highest BCUT2D eigenvalue weighted by molar-refractivity contribution is 9.10. The third-order valence-electron chi connectivity index (χ3n) is 2.72. The molecule has 0 aliphatic rings. The molecule has 0 amide bonds. The molecule has 0 heterocycles. The number of hydrogen-bond donors (Lipinski definition) is 1. The molecule has 19 heavy (non-hydrogen) atoms. The number of aryl methyl sites for hydroxylation is 3. The Hall–Kier alpha value is -1.68. The van der Waals surface area contributed by atoms with E-state index in [4.69, 9.17) is 0 Å². The standard InChI is InChI=1S/C15H15BrN2O/c1-9-4-10(2)6-13(5-9)17-18-14-8-12(16)7-11(3)15(14)19/h4-8,19H,1-3H3. The molecule has 3 nitrogen and oxygen atoms in total. The molecule has 4 heteroatoms. The topological polar surface area (TPSA) is 45.0 Å². The van der Waals surface area contributed by atoms with E-state index in [0.717, 1.165) is 26.9 Å². The summed E-state index contributed by atoms with van der Waals surface area (Å²) in [5.74, 6) is 0.163. The third-order valence-corrected chi connectivity index (χ3v) is 3.18. The first-order valence-electron chi connectivity index (χ1n) is 5.95. The molecule has 0 aromatic heterocycles. The quantitative estimate of drug-likeness (QED) is 0.730. The number of benzene rings is 2. The van der Waals surface area contributed by atoms with Crippen LogP contribution in [0.15, 0.2) is 45.0 Å². The average molecular weight is 319 g/mol. The zero-order valence-electron chi connectivity index (χ0n) is 11.1. The molecular weight excluding hydrogens is 304 g/mol. The molecule has 0 fully saturated rings. The van der Waals surface area contributed by atoms with Crippen molar-refractivity contribution in [2.24, 2.45) is 10.2 Å². The van der Waals surface area contributed by atoms with E-state index in [9.17, 15) is 5.11 Å². The van der Waals surface area contributed by atoms with Gasteiger partial charge in [-0.3, -0.25) is 0 Å². The minimum absolute atomic E-state index is 0.163. The van der Waals surface area contributed by atoms with Crippen LogP contribution in [-0.4, -0.2) is 5.11 Å². The Morgan fingerprint density at radius 1 is 0.895 bits per heavy atom. The van der Waals surface area contributed by atoms with Crippen molar-refractivity contribution in [1.29, 1.82) is 0 Å². The largest absolute Gasteiger partial charge is 0.505 e. The molecule has 0 aliphatic carbocycles. The van der Waals surface area contributed by atoms with Gasteiger partial charge in [0.25, 0.3) is 0 Å². The summed E-state index contributed by atoms with van der Waals surface area (Å²) in [6.45, 7) is 5.87. The van der Waals surface area contributed by atoms with Gasteiger partial charge in [0.2, 0.25) is 0 Å². The second kappa shape index (κ2) is 5.53. The van der Waals surface area contributed by atoms with Crippen LogP contribution < -0.4 is 0 Å². The van der Waals surface area contributed by atoms with E-state index < -0.39 is 0 Å². The molecule has 0 saturated carbocycles. The van der Waals surface area contributed by atoms with Gasteiger partial charge in [-0.15, -0.1) is 5.11 Å². The van der Waals surface area contributed by atoms with Crippen molar-refractivity contribution in [2.45, 2.75) is 20.8 Å². The van der Waals surface area contributed by atoms with Crippen LogP contribution in [0.25, 0.3) is 0 Å². The Kier molecular flexibility index (Phi) is 4.00. The number of azo groups is 1. The number of aromatic hydroxyl groups is 1. The van der Waals surface area contributed by atoms with Crippen LogP contribution in [0.5, 0.6) is 5.75 Å². The maximum absolute atomic E-state index is 9.93. The van der Waals surface area contributed by atoms with Crippen LogP contribution in [0.1, 0.15) is 16.7 Å². The predicted molar refractivity (Wildman–Crippen MR) is 80.6 cm³/mol. The smallest absolute Gasteiger partial charge is 0.146 e. The Labute approximate surface area is 121 Å². The van der Waals surface area contributed by atoms with E-state index in [2.05, 4.69) is 32.2 Å². The van der Waals surface area contributed by atoms with Crippen molar-refractivity contribution >= 4 is 27.3 Å². The summed E-state index contributed by atoms with van der Waals surface area (Å²) in [5.41, 5.74) is 4.30. The van der Waals surface area contributed by atoms with Gasteiger partial charge in [0.15, 0.2) is 0 Å². The highest BCUT2D eigenvalue weighted by Crippen LogP contribution is 2.34. The van der Waals surface area contributed by atoms with E-state index in [-0.39, 0.29) is 5.75 Å². The molecule has 0 aliphatic heterocycles. The fraction of sp³-hybridized carbons (Fsp3) is 0.200. The van der Waals surface area contributed by atoms with Crippen molar-refractivity contribution < 1.29 is 5.11 Å². The van der Waals surface area contributed by atoms with Gasteiger partial charge in [-0.1, -0.05) is 22.0 Å². The number of halogens is 1. The molecule has 2 rings (SSSR count). The molecule has 1 N–H and O–H groups in total. The van der Waals surface area contributed by atoms with Gasteiger partial charge in [0.1, 0.15) is 11.4 Å². The minimum atomic E-state index is 0.163. The minimum Gasteiger partial charge on any atom is -0.505 e. The molecule has 0 bridgehead atoms. The summed E-state index contributed by atoms with van der Waals surface area (Å²) in [5, 5.41) is 18.2. The van der Waals surface area contributed by atoms with Crippen molar-refractivity contribution in [2.75, 3.05) is 0 Å². The van der Waals surface area contributed by atoms with Gasteiger partial charge in [-0.05, 0) is 61.7 Å². The van der Waals surface area contributed by atoms with E-state index >= 15 is 0 Å². The third kappa shape index (κ3) is 3.41. The first-order chi connectivity index (χ1) is 8.95. The maximum Gasteiger partial charge on any atom is 0.146 e. The first-order valence-corrected chi connectivity index (χ1v) is 6.74. The lowest BCUT2D eigenvalue weighted by atomic mass is 10.1. The van der Waals surface area contributed by atoms with Crippen molar-refractivity contribution in [3.05, 3.63) is 51.5 Å². The van der Waals surface area contributed by atoms with E-state index in [1.807, 2.05) is 39.0 Å². The number of phenols is 1. The van der Waals surface area contributed by atoms with Gasteiger partial charge in [-0.25, -0.2) is 0 Å². The van der Waals surface area contributed by atoms with Crippen LogP contribution in [0.3, 0.4) is 0 Å². The van der Waals surface area contributed by atoms with Crippen molar-refractivity contribution in [3.8, 4) is 5.75 Å². The van der Waals surface area contributed by atoms with Gasteiger partial charge in [0.05, 0.1) is 5.69 Å². The van der Waals surface area contributed by atoms with E-state index in [0.29, 0.717) is 5.69 Å². The highest BCUT2D eigenvalue weighted by Gasteiger charge is 2.05. The summed E-state index contributed by atoms with van der Waals surface area (Å²) in [6, 6.07) is 9.58. The molecule has 0 radical (unpaired) electrons. The van der Waals surface area contributed by atoms with Gasteiger partial charge in [-0.2, -0.15) is 5.11 Å². The summed E-state index contributed by atoms with van der Waals surface area (Å²) < 4.78 is 0.872. The lowest BCUT2D eigenvalue weighted by molar-refractivity contribution is 0.472. The Morgan fingerprint density at radius 2 is 1.53 bits per heavy atom. The average Bonchev–Trinajstić information content (AvgIpc) is 2.30. The number of phenolic OH excluding ortho intramolecular Hbond substituents is 1. The Morgan fingerprint density at radius 3 is 2.16 bits per heavy atom. The zero-order valence-corrected chi connectivity index (χ0v) is 12.7. The SMILES string of the molecule is Cc1cc(C)cc(N=Nc2cc(Br)cc(C)c2O)c1. The van der Waals surface area contributed by atoms with Crippen LogP contribution in [0, 0.1) is 20.8 Å². The normalized spacial score (nSPS) is 11.2. The Bertz CT molecular complexity index is 631. The second-order valence-electron chi connectivity index (χ2n) is 4.64. The monoisotopic (exact) mass is 318 g/mol. The fourth-order valence-electron chi connectivity index (χ4n) is 1.91. The lowest BCUT2D eigenvalue weighted by Crippen LogP contribution is -1.77. The zero-order chi connectivity index (χ0) is 14.0. The number of nitrogens with zero attached hydrogens (tertiary/aromatic N) is 2. The lowest BCUT2D eigenvalue weighted by Gasteiger charge is -2.03. The molecule has 0 atom stereocenters. The summed E-state index contributed by atoms with van der Waals surface area (Å²) in [4.78, 5) is 0. The molecule has 0 unspecified atom stereocenters. The van der Waals surface area contributed by atoms with Gasteiger partial charge in [0, 0.05) is 4.47 Å². The summed E-state index contributed by atoms with van der Waals surface area (Å²) in [6.07, 6.45) is 0. The Balaban J connectivity index is 2.37. The van der Waals surface area contributed by atoms with Crippen molar-refractivity contribution in [1.82, 2.24) is 0 Å². The predicted octanol–water partition coefficient (Wildman–Crippen LogP) is 5.50. The number of hydrogen-bond acceptors (Lipinski definition) is 3. The van der Waals surface area contributed by atoms with Crippen LogP contribution in [-0.2, 0) is 0 Å². The molecule has 98 valence electrons. The van der Waals surface area contributed by atoms with Crippen LogP contribution in [0.2, 0.25) is 0 Å². The van der Waals surface area contributed by atoms with Crippen molar-refractivity contribution in [3.63, 3.8) is 0 Å². The van der Waals surface area contributed by atoms with Crippen LogP contribution in [0.4, 0.5) is 11.4 Å². The fourth-order valence-corrected chi connectivity index (χ4v) is 2.47. The summed E-state index contributed by atoms with van der Waals surface area (Å²) in [7, 11) is 0. The summed E-state index contributed by atoms with van der Waals surface area (Å²) >= 11 is 3.38. The number of rotatable bonds is 2. The molecule has 2 aromatic carbocycles. The van der Waals surface area contributed by atoms with E-state index in [1.165, 1.54) is 0 Å². The van der Waals surface area contributed by atoms with Gasteiger partial charge < -0.3 is 5.11 Å². The van der Waals surface area contributed by atoms with Gasteiger partial charge >= 0.3 is 0 Å². The molecule has 2 aromatic rings. The van der Waals surface area contributed by atoms with E-state index in [1.54, 1.807) is 6.07 Å². The highest BCUT2D eigenvalue weighted by atomic mass is 79.9. The van der Waals surface area contributed by atoms with Crippen LogP contribution >= 0.6 is 15.9 Å². The molecule has 0 spiro atoms. The molecular formula is C15H15BrN2O. The molecule has 0 saturated heterocycles. The maximum atomic E-state index is 9.93.